The Labute approximate surface area is 146 Å². The summed E-state index contributed by atoms with van der Waals surface area (Å²) < 4.78 is 4.91. The fourth-order valence-corrected chi connectivity index (χ4v) is 3.18. The molecular formula is C18H33N5O. The molecule has 1 aromatic rings. The standard InChI is InChI=1S/C18H33N5O/c1-4-6-7-16(5-2)14-20-18(19-3)23-11-9-22(10-12-23)15-17-8-13-24-21-17/h8,13,16H,4-7,9-12,14-15H2,1-3H3,(H,19,20). The van der Waals surface area contributed by atoms with Gasteiger partial charge in [0.25, 0.3) is 0 Å². The average molecular weight is 335 g/mol. The number of aliphatic imine (C=N–C) groups is 1. The zero-order valence-electron chi connectivity index (χ0n) is 15.5. The molecule has 6 heteroatoms. The fourth-order valence-electron chi connectivity index (χ4n) is 3.18. The number of aromatic nitrogens is 1. The van der Waals surface area contributed by atoms with E-state index < -0.39 is 0 Å². The van der Waals surface area contributed by atoms with Crippen LogP contribution in [-0.4, -0.2) is 60.7 Å². The van der Waals surface area contributed by atoms with Gasteiger partial charge in [0.1, 0.15) is 6.26 Å². The van der Waals surface area contributed by atoms with E-state index in [1.165, 1.54) is 25.7 Å². The van der Waals surface area contributed by atoms with Gasteiger partial charge in [-0.3, -0.25) is 9.89 Å². The van der Waals surface area contributed by atoms with Crippen molar-refractivity contribution in [3.05, 3.63) is 18.0 Å². The summed E-state index contributed by atoms with van der Waals surface area (Å²) in [6.45, 7) is 10.5. The molecule has 0 amide bonds. The second-order valence-electron chi connectivity index (χ2n) is 6.60. The van der Waals surface area contributed by atoms with Crippen LogP contribution in [0.2, 0.25) is 0 Å². The highest BCUT2D eigenvalue weighted by atomic mass is 16.5. The molecule has 1 saturated heterocycles. The van der Waals surface area contributed by atoms with E-state index in [1.807, 2.05) is 13.1 Å². The normalized spacial score (nSPS) is 18.0. The number of nitrogens with one attached hydrogen (secondary N) is 1. The predicted octanol–water partition coefficient (Wildman–Crippen LogP) is 2.58. The molecule has 6 nitrogen and oxygen atoms in total. The van der Waals surface area contributed by atoms with Gasteiger partial charge in [-0.05, 0) is 12.3 Å². The molecule has 1 fully saturated rings. The van der Waals surface area contributed by atoms with Gasteiger partial charge in [0.15, 0.2) is 5.96 Å². The summed E-state index contributed by atoms with van der Waals surface area (Å²) in [6.07, 6.45) is 6.77. The first-order valence-electron chi connectivity index (χ1n) is 9.34. The van der Waals surface area contributed by atoms with Crippen molar-refractivity contribution in [2.24, 2.45) is 10.9 Å². The van der Waals surface area contributed by atoms with Crippen molar-refractivity contribution >= 4 is 5.96 Å². The smallest absolute Gasteiger partial charge is 0.193 e. The van der Waals surface area contributed by atoms with Crippen molar-refractivity contribution < 1.29 is 4.52 Å². The number of rotatable bonds is 8. The zero-order valence-corrected chi connectivity index (χ0v) is 15.5. The third-order valence-electron chi connectivity index (χ3n) is 4.85. The number of hydrogen-bond donors (Lipinski definition) is 1. The Morgan fingerprint density at radius 3 is 2.71 bits per heavy atom. The maximum absolute atomic E-state index is 4.91. The van der Waals surface area contributed by atoms with E-state index in [0.29, 0.717) is 0 Å². The molecule has 0 saturated carbocycles. The zero-order chi connectivity index (χ0) is 17.2. The van der Waals surface area contributed by atoms with Crippen molar-refractivity contribution in [2.75, 3.05) is 39.8 Å². The van der Waals surface area contributed by atoms with Crippen LogP contribution in [0.3, 0.4) is 0 Å². The highest BCUT2D eigenvalue weighted by Gasteiger charge is 2.20. The molecule has 0 aliphatic carbocycles. The van der Waals surface area contributed by atoms with Crippen molar-refractivity contribution in [1.82, 2.24) is 20.3 Å². The summed E-state index contributed by atoms with van der Waals surface area (Å²) in [5, 5.41) is 7.59. The lowest BCUT2D eigenvalue weighted by atomic mass is 9.99. The molecule has 1 unspecified atom stereocenters. The number of unbranched alkanes of at least 4 members (excludes halogenated alkanes) is 1. The molecule has 1 aromatic heterocycles. The monoisotopic (exact) mass is 335 g/mol. The van der Waals surface area contributed by atoms with Gasteiger partial charge in [-0.1, -0.05) is 38.3 Å². The molecule has 0 bridgehead atoms. The first-order valence-corrected chi connectivity index (χ1v) is 9.34. The van der Waals surface area contributed by atoms with E-state index in [1.54, 1.807) is 6.26 Å². The van der Waals surface area contributed by atoms with Gasteiger partial charge < -0.3 is 14.7 Å². The second kappa shape index (κ2) is 10.3. The Morgan fingerprint density at radius 1 is 1.33 bits per heavy atom. The minimum Gasteiger partial charge on any atom is -0.364 e. The lowest BCUT2D eigenvalue weighted by molar-refractivity contribution is 0.168. The summed E-state index contributed by atoms with van der Waals surface area (Å²) in [5.41, 5.74) is 1.01. The summed E-state index contributed by atoms with van der Waals surface area (Å²) in [7, 11) is 1.89. The molecule has 0 aromatic carbocycles. The first kappa shape index (κ1) is 18.8. The predicted molar refractivity (Wildman–Crippen MR) is 98.0 cm³/mol. The molecule has 24 heavy (non-hydrogen) atoms. The molecule has 0 spiro atoms. The Hall–Kier alpha value is -1.56. The van der Waals surface area contributed by atoms with Gasteiger partial charge in [0.2, 0.25) is 0 Å². The van der Waals surface area contributed by atoms with Gasteiger partial charge in [-0.15, -0.1) is 0 Å². The molecule has 1 N–H and O–H groups in total. The quantitative estimate of drug-likeness (QED) is 0.584. The van der Waals surface area contributed by atoms with Crippen LogP contribution >= 0.6 is 0 Å². The maximum atomic E-state index is 4.91. The average Bonchev–Trinajstić information content (AvgIpc) is 3.12. The van der Waals surface area contributed by atoms with E-state index >= 15 is 0 Å². The van der Waals surface area contributed by atoms with Crippen LogP contribution in [0.15, 0.2) is 21.8 Å². The molecule has 0 radical (unpaired) electrons. The van der Waals surface area contributed by atoms with Crippen molar-refractivity contribution in [1.29, 1.82) is 0 Å². The van der Waals surface area contributed by atoms with Gasteiger partial charge in [0, 0.05) is 52.4 Å². The lowest BCUT2D eigenvalue weighted by Crippen LogP contribution is -2.52. The van der Waals surface area contributed by atoms with Crippen LogP contribution in [0.1, 0.15) is 45.2 Å². The third-order valence-corrected chi connectivity index (χ3v) is 4.85. The van der Waals surface area contributed by atoms with Gasteiger partial charge in [0.05, 0.1) is 5.69 Å². The number of hydrogen-bond acceptors (Lipinski definition) is 4. The van der Waals surface area contributed by atoms with Crippen LogP contribution < -0.4 is 5.32 Å². The van der Waals surface area contributed by atoms with Gasteiger partial charge in [-0.25, -0.2) is 0 Å². The summed E-state index contributed by atoms with van der Waals surface area (Å²) in [6, 6.07) is 1.94. The fraction of sp³-hybridized carbons (Fsp3) is 0.778. The van der Waals surface area contributed by atoms with Crippen LogP contribution in [0.25, 0.3) is 0 Å². The van der Waals surface area contributed by atoms with Gasteiger partial charge >= 0.3 is 0 Å². The van der Waals surface area contributed by atoms with Crippen LogP contribution in [0, 0.1) is 5.92 Å². The van der Waals surface area contributed by atoms with Crippen molar-refractivity contribution in [3.8, 4) is 0 Å². The molecule has 1 atom stereocenters. The number of guanidine groups is 1. The molecule has 2 rings (SSSR count). The molecular weight excluding hydrogens is 302 g/mol. The van der Waals surface area contributed by atoms with Crippen molar-refractivity contribution in [2.45, 2.75) is 46.1 Å². The Kier molecular flexibility index (Phi) is 8.08. The summed E-state index contributed by atoms with van der Waals surface area (Å²) in [5.74, 6) is 1.79. The van der Waals surface area contributed by atoms with E-state index in [0.717, 1.165) is 56.8 Å². The lowest BCUT2D eigenvalue weighted by Gasteiger charge is -2.36. The van der Waals surface area contributed by atoms with Crippen LogP contribution in [0.5, 0.6) is 0 Å². The largest absolute Gasteiger partial charge is 0.364 e. The maximum Gasteiger partial charge on any atom is 0.193 e. The number of piperazine rings is 1. The summed E-state index contributed by atoms with van der Waals surface area (Å²) in [4.78, 5) is 9.27. The van der Waals surface area contributed by atoms with E-state index in [2.05, 4.69) is 39.1 Å². The minimum absolute atomic E-state index is 0.746. The minimum atomic E-state index is 0.746. The summed E-state index contributed by atoms with van der Waals surface area (Å²) >= 11 is 0. The van der Waals surface area contributed by atoms with E-state index in [-0.39, 0.29) is 0 Å². The third kappa shape index (κ3) is 5.82. The first-order chi connectivity index (χ1) is 11.8. The number of nitrogens with zero attached hydrogens (tertiary/aromatic N) is 4. The van der Waals surface area contributed by atoms with Crippen molar-refractivity contribution in [3.63, 3.8) is 0 Å². The molecule has 2 heterocycles. The Balaban J connectivity index is 1.74. The molecule has 1 aliphatic rings. The topological polar surface area (TPSA) is 56.9 Å². The van der Waals surface area contributed by atoms with Crippen LogP contribution in [-0.2, 0) is 6.54 Å². The van der Waals surface area contributed by atoms with Crippen LogP contribution in [0.4, 0.5) is 0 Å². The SMILES string of the molecule is CCCCC(CC)CNC(=NC)N1CCN(Cc2ccon2)CC1. The molecule has 1 aliphatic heterocycles. The highest BCUT2D eigenvalue weighted by molar-refractivity contribution is 5.80. The van der Waals surface area contributed by atoms with E-state index in [4.69, 9.17) is 4.52 Å². The van der Waals surface area contributed by atoms with Gasteiger partial charge in [-0.2, -0.15) is 0 Å². The second-order valence-corrected chi connectivity index (χ2v) is 6.60. The molecule has 136 valence electrons. The Morgan fingerprint density at radius 2 is 2.12 bits per heavy atom. The Bertz CT molecular complexity index is 466. The van der Waals surface area contributed by atoms with E-state index in [9.17, 15) is 0 Å². The highest BCUT2D eigenvalue weighted by Crippen LogP contribution is 2.12.